The van der Waals surface area contributed by atoms with Crippen LogP contribution >= 0.6 is 15.9 Å². The molecule has 4 rings (SSSR count). The zero-order valence-corrected chi connectivity index (χ0v) is 13.9. The second kappa shape index (κ2) is 5.55. The third-order valence-electron chi connectivity index (χ3n) is 3.62. The average molecular weight is 366 g/mol. The van der Waals surface area contributed by atoms with Gasteiger partial charge in [0.2, 0.25) is 0 Å². The van der Waals surface area contributed by atoms with Crippen molar-refractivity contribution in [2.24, 2.45) is 0 Å². The van der Waals surface area contributed by atoms with E-state index in [9.17, 15) is 0 Å². The Morgan fingerprint density at radius 1 is 0.957 bits per heavy atom. The quantitative estimate of drug-likeness (QED) is 0.579. The van der Waals surface area contributed by atoms with Gasteiger partial charge in [0.25, 0.3) is 0 Å². The summed E-state index contributed by atoms with van der Waals surface area (Å²) in [6.07, 6.45) is 5.15. The van der Waals surface area contributed by atoms with Gasteiger partial charge in [-0.1, -0.05) is 24.3 Å². The summed E-state index contributed by atoms with van der Waals surface area (Å²) in [7, 11) is 0. The highest BCUT2D eigenvalue weighted by Crippen LogP contribution is 2.25. The Labute approximate surface area is 141 Å². The number of pyridine rings is 1. The molecule has 3 heterocycles. The highest BCUT2D eigenvalue weighted by molar-refractivity contribution is 9.10. The molecule has 0 aliphatic carbocycles. The highest BCUT2D eigenvalue weighted by atomic mass is 79.9. The lowest BCUT2D eigenvalue weighted by molar-refractivity contribution is 1.12. The van der Waals surface area contributed by atoms with Crippen LogP contribution in [-0.4, -0.2) is 24.9 Å². The van der Waals surface area contributed by atoms with E-state index in [1.807, 2.05) is 37.3 Å². The number of aromatic nitrogens is 5. The summed E-state index contributed by atoms with van der Waals surface area (Å²) in [5, 5.41) is 0. The third-order valence-corrected chi connectivity index (χ3v) is 4.05. The van der Waals surface area contributed by atoms with Crippen LogP contribution in [0.3, 0.4) is 0 Å². The van der Waals surface area contributed by atoms with Gasteiger partial charge >= 0.3 is 0 Å². The van der Waals surface area contributed by atoms with Gasteiger partial charge in [0, 0.05) is 34.2 Å². The van der Waals surface area contributed by atoms with Crippen molar-refractivity contribution in [2.75, 3.05) is 0 Å². The maximum absolute atomic E-state index is 4.53. The van der Waals surface area contributed by atoms with Crippen LogP contribution in [0, 0.1) is 6.92 Å². The first-order chi connectivity index (χ1) is 11.2. The number of H-pyrrole nitrogens is 1. The topological polar surface area (TPSA) is 67.3 Å². The fourth-order valence-corrected chi connectivity index (χ4v) is 2.82. The van der Waals surface area contributed by atoms with Gasteiger partial charge in [-0.2, -0.15) is 0 Å². The summed E-state index contributed by atoms with van der Waals surface area (Å²) in [6.45, 7) is 1.96. The molecule has 0 saturated carbocycles. The molecule has 3 aromatic heterocycles. The van der Waals surface area contributed by atoms with Crippen LogP contribution < -0.4 is 0 Å². The van der Waals surface area contributed by atoms with Crippen molar-refractivity contribution in [3.05, 3.63) is 59.1 Å². The Morgan fingerprint density at radius 3 is 2.48 bits per heavy atom. The summed E-state index contributed by atoms with van der Waals surface area (Å²) in [4.78, 5) is 20.8. The Bertz CT molecular complexity index is 991. The van der Waals surface area contributed by atoms with Crippen molar-refractivity contribution in [3.8, 4) is 22.6 Å². The van der Waals surface area contributed by atoms with Crippen LogP contribution in [-0.2, 0) is 0 Å². The monoisotopic (exact) mass is 365 g/mol. The predicted octanol–water partition coefficient (Wildman–Crippen LogP) is 4.15. The summed E-state index contributed by atoms with van der Waals surface area (Å²) in [5.74, 6) is 0.799. The van der Waals surface area contributed by atoms with Crippen molar-refractivity contribution < 1.29 is 0 Å². The predicted molar refractivity (Wildman–Crippen MR) is 92.8 cm³/mol. The van der Waals surface area contributed by atoms with Gasteiger partial charge in [0.15, 0.2) is 5.65 Å². The molecular formula is C17H12BrN5. The van der Waals surface area contributed by atoms with E-state index in [2.05, 4.69) is 40.8 Å². The molecule has 0 fully saturated rings. The maximum Gasteiger partial charge on any atom is 0.178 e. The van der Waals surface area contributed by atoms with Crippen LogP contribution in [0.25, 0.3) is 33.8 Å². The van der Waals surface area contributed by atoms with E-state index < -0.39 is 0 Å². The number of benzene rings is 1. The lowest BCUT2D eigenvalue weighted by Crippen LogP contribution is -1.90. The SMILES string of the molecule is Cc1nccnc1-c1ccc(-c2nc3ncc(Br)cc3[nH]2)cc1. The van der Waals surface area contributed by atoms with E-state index in [0.717, 1.165) is 38.3 Å². The van der Waals surface area contributed by atoms with Gasteiger partial charge in [-0.3, -0.25) is 9.97 Å². The second-order valence-corrected chi connectivity index (χ2v) is 6.09. The molecule has 0 unspecified atom stereocenters. The van der Waals surface area contributed by atoms with E-state index in [1.54, 1.807) is 18.6 Å². The fourth-order valence-electron chi connectivity index (χ4n) is 2.49. The summed E-state index contributed by atoms with van der Waals surface area (Å²) in [5.41, 5.74) is 5.47. The Kier molecular flexibility index (Phi) is 3.38. The molecule has 1 aromatic carbocycles. The van der Waals surface area contributed by atoms with Gasteiger partial charge < -0.3 is 4.98 Å². The average Bonchev–Trinajstić information content (AvgIpc) is 2.98. The van der Waals surface area contributed by atoms with Crippen LogP contribution in [0.15, 0.2) is 53.4 Å². The molecule has 0 radical (unpaired) electrons. The zero-order valence-electron chi connectivity index (χ0n) is 12.3. The normalized spacial score (nSPS) is 11.0. The number of halogens is 1. The number of aryl methyl sites for hydroxylation is 1. The molecule has 0 saturated heterocycles. The highest BCUT2D eigenvalue weighted by Gasteiger charge is 2.08. The van der Waals surface area contributed by atoms with Crippen molar-refractivity contribution in [1.82, 2.24) is 24.9 Å². The van der Waals surface area contributed by atoms with Gasteiger partial charge in [0.1, 0.15) is 5.82 Å². The van der Waals surface area contributed by atoms with E-state index in [0.29, 0.717) is 5.65 Å². The minimum Gasteiger partial charge on any atom is -0.337 e. The summed E-state index contributed by atoms with van der Waals surface area (Å²) >= 11 is 3.42. The molecule has 0 atom stereocenters. The van der Waals surface area contributed by atoms with Crippen LogP contribution in [0.2, 0.25) is 0 Å². The van der Waals surface area contributed by atoms with E-state index in [4.69, 9.17) is 0 Å². The number of rotatable bonds is 2. The van der Waals surface area contributed by atoms with Gasteiger partial charge in [-0.25, -0.2) is 9.97 Å². The van der Waals surface area contributed by atoms with Gasteiger partial charge in [0.05, 0.1) is 16.9 Å². The first-order valence-corrected chi connectivity index (χ1v) is 7.90. The fraction of sp³-hybridized carbons (Fsp3) is 0.0588. The van der Waals surface area contributed by atoms with E-state index >= 15 is 0 Å². The lowest BCUT2D eigenvalue weighted by atomic mass is 10.1. The number of hydrogen-bond donors (Lipinski definition) is 1. The molecule has 0 aliphatic heterocycles. The second-order valence-electron chi connectivity index (χ2n) is 5.18. The molecule has 23 heavy (non-hydrogen) atoms. The number of nitrogens with one attached hydrogen (secondary N) is 1. The molecule has 6 heteroatoms. The Balaban J connectivity index is 1.73. The van der Waals surface area contributed by atoms with Crippen molar-refractivity contribution >= 4 is 27.1 Å². The molecule has 0 spiro atoms. The molecule has 4 aromatic rings. The summed E-state index contributed by atoms with van der Waals surface area (Å²) < 4.78 is 0.925. The van der Waals surface area contributed by atoms with Crippen LogP contribution in [0.5, 0.6) is 0 Å². The molecule has 112 valence electrons. The Hall–Kier alpha value is -2.60. The largest absolute Gasteiger partial charge is 0.337 e. The number of nitrogens with zero attached hydrogens (tertiary/aromatic N) is 4. The number of imidazole rings is 1. The lowest BCUT2D eigenvalue weighted by Gasteiger charge is -2.04. The number of hydrogen-bond acceptors (Lipinski definition) is 4. The molecular weight excluding hydrogens is 354 g/mol. The number of fused-ring (bicyclic) bond motifs is 1. The minimum absolute atomic E-state index is 0.706. The molecule has 5 nitrogen and oxygen atoms in total. The third kappa shape index (κ3) is 2.61. The van der Waals surface area contributed by atoms with Crippen molar-refractivity contribution in [1.29, 1.82) is 0 Å². The first kappa shape index (κ1) is 14.0. The smallest absolute Gasteiger partial charge is 0.178 e. The zero-order chi connectivity index (χ0) is 15.8. The summed E-state index contributed by atoms with van der Waals surface area (Å²) in [6, 6.07) is 10.1. The molecule has 1 N–H and O–H groups in total. The van der Waals surface area contributed by atoms with E-state index in [1.165, 1.54) is 0 Å². The van der Waals surface area contributed by atoms with Crippen molar-refractivity contribution in [2.45, 2.75) is 6.92 Å². The Morgan fingerprint density at radius 2 is 1.70 bits per heavy atom. The number of aromatic amines is 1. The molecule has 0 bridgehead atoms. The standard InChI is InChI=1S/C17H12BrN5/c1-10-15(20-7-6-19-10)11-2-4-12(5-3-11)16-22-14-8-13(18)9-21-17(14)23-16/h2-9H,1H3,(H,21,22,23). The van der Waals surface area contributed by atoms with Crippen LogP contribution in [0.4, 0.5) is 0 Å². The van der Waals surface area contributed by atoms with Crippen molar-refractivity contribution in [3.63, 3.8) is 0 Å². The molecule has 0 amide bonds. The molecule has 0 aliphatic rings. The van der Waals surface area contributed by atoms with Gasteiger partial charge in [-0.15, -0.1) is 0 Å². The maximum atomic E-state index is 4.53. The first-order valence-electron chi connectivity index (χ1n) is 7.10. The van der Waals surface area contributed by atoms with Crippen LogP contribution in [0.1, 0.15) is 5.69 Å². The minimum atomic E-state index is 0.706. The van der Waals surface area contributed by atoms with E-state index in [-0.39, 0.29) is 0 Å². The van der Waals surface area contributed by atoms with Gasteiger partial charge in [-0.05, 0) is 28.9 Å².